The van der Waals surface area contributed by atoms with E-state index in [2.05, 4.69) is 14.9 Å². The number of hydrogen-bond donors (Lipinski definition) is 0. The highest BCUT2D eigenvalue weighted by molar-refractivity contribution is 5.48. The molecule has 0 spiro atoms. The number of aromatic nitrogens is 2. The molecule has 3 rings (SSSR count). The summed E-state index contributed by atoms with van der Waals surface area (Å²) in [6.07, 6.45) is 3.42. The van der Waals surface area contributed by atoms with Crippen LogP contribution in [0, 0.1) is 11.6 Å². The fraction of sp³-hybridized carbons (Fsp3) is 0.286. The van der Waals surface area contributed by atoms with Gasteiger partial charge in [0, 0.05) is 50.3 Å². The summed E-state index contributed by atoms with van der Waals surface area (Å²) in [7, 11) is 0. The molecule has 1 fully saturated rings. The summed E-state index contributed by atoms with van der Waals surface area (Å²) in [4.78, 5) is 12.5. The summed E-state index contributed by atoms with van der Waals surface area (Å²) in [6.45, 7) is 2.96. The molecular formula is C14H14F2N4. The number of nitrogens with zero attached hydrogens (tertiary/aromatic N) is 4. The molecule has 1 aromatic carbocycles. The van der Waals surface area contributed by atoms with Gasteiger partial charge in [0.05, 0.1) is 0 Å². The van der Waals surface area contributed by atoms with Crippen molar-refractivity contribution in [3.63, 3.8) is 0 Å². The van der Waals surface area contributed by atoms with E-state index in [1.807, 2.05) is 4.90 Å². The second-order valence-electron chi connectivity index (χ2n) is 4.62. The topological polar surface area (TPSA) is 32.3 Å². The molecule has 0 aliphatic carbocycles. The Balaban J connectivity index is 1.68. The molecule has 1 saturated heterocycles. The van der Waals surface area contributed by atoms with Gasteiger partial charge in [-0.15, -0.1) is 0 Å². The van der Waals surface area contributed by atoms with Crippen LogP contribution >= 0.6 is 0 Å². The van der Waals surface area contributed by atoms with Crippen LogP contribution in [0.2, 0.25) is 0 Å². The fourth-order valence-electron chi connectivity index (χ4n) is 2.30. The third-order valence-electron chi connectivity index (χ3n) is 3.38. The standard InChI is InChI=1S/C14H14F2N4/c15-12-3-2-11(10-13(12)16)19-6-8-20(9-7-19)14-17-4-1-5-18-14/h1-5,10H,6-9H2. The molecule has 0 N–H and O–H groups in total. The van der Waals surface area contributed by atoms with Crippen molar-refractivity contribution in [3.8, 4) is 0 Å². The molecule has 2 heterocycles. The van der Waals surface area contributed by atoms with Crippen molar-refractivity contribution in [1.29, 1.82) is 0 Å². The Hall–Kier alpha value is -2.24. The molecule has 1 aromatic heterocycles. The molecule has 1 aliphatic rings. The van der Waals surface area contributed by atoms with Crippen molar-refractivity contribution in [3.05, 3.63) is 48.3 Å². The lowest BCUT2D eigenvalue weighted by atomic mass is 10.2. The second-order valence-corrected chi connectivity index (χ2v) is 4.62. The monoisotopic (exact) mass is 276 g/mol. The van der Waals surface area contributed by atoms with E-state index in [4.69, 9.17) is 0 Å². The molecule has 4 nitrogen and oxygen atoms in total. The number of hydrogen-bond acceptors (Lipinski definition) is 4. The molecule has 0 amide bonds. The number of halogens is 2. The quantitative estimate of drug-likeness (QED) is 0.840. The van der Waals surface area contributed by atoms with E-state index in [0.717, 1.165) is 32.2 Å². The minimum Gasteiger partial charge on any atom is -0.368 e. The van der Waals surface area contributed by atoms with Crippen molar-refractivity contribution >= 4 is 11.6 Å². The van der Waals surface area contributed by atoms with Gasteiger partial charge in [0.1, 0.15) is 0 Å². The maximum Gasteiger partial charge on any atom is 0.225 e. The molecule has 0 unspecified atom stereocenters. The minimum atomic E-state index is -0.815. The van der Waals surface area contributed by atoms with Crippen molar-refractivity contribution in [1.82, 2.24) is 9.97 Å². The number of piperazine rings is 1. The molecule has 0 saturated carbocycles. The Bertz CT molecular complexity index is 583. The Morgan fingerprint density at radius 3 is 2.15 bits per heavy atom. The molecule has 0 radical (unpaired) electrons. The van der Waals surface area contributed by atoms with Gasteiger partial charge in [0.15, 0.2) is 11.6 Å². The maximum atomic E-state index is 13.2. The van der Waals surface area contributed by atoms with Gasteiger partial charge in [-0.25, -0.2) is 18.7 Å². The largest absolute Gasteiger partial charge is 0.368 e. The molecule has 1 aliphatic heterocycles. The van der Waals surface area contributed by atoms with E-state index < -0.39 is 11.6 Å². The molecule has 6 heteroatoms. The van der Waals surface area contributed by atoms with Crippen molar-refractivity contribution in [2.45, 2.75) is 0 Å². The van der Waals surface area contributed by atoms with Gasteiger partial charge in [-0.2, -0.15) is 0 Å². The Morgan fingerprint density at radius 2 is 1.50 bits per heavy atom. The average molecular weight is 276 g/mol. The summed E-state index contributed by atoms with van der Waals surface area (Å²) in [5.41, 5.74) is 0.706. The molecule has 104 valence electrons. The number of anilines is 2. The van der Waals surface area contributed by atoms with E-state index >= 15 is 0 Å². The van der Waals surface area contributed by atoms with Crippen LogP contribution in [0.25, 0.3) is 0 Å². The Morgan fingerprint density at radius 1 is 0.850 bits per heavy atom. The van der Waals surface area contributed by atoms with E-state index in [-0.39, 0.29) is 0 Å². The van der Waals surface area contributed by atoms with Crippen LogP contribution in [0.4, 0.5) is 20.4 Å². The Kier molecular flexibility index (Phi) is 3.45. The molecule has 20 heavy (non-hydrogen) atoms. The summed E-state index contributed by atoms with van der Waals surface area (Å²) < 4.78 is 26.2. The lowest BCUT2D eigenvalue weighted by Crippen LogP contribution is -2.47. The van der Waals surface area contributed by atoms with Gasteiger partial charge in [-0.05, 0) is 18.2 Å². The number of benzene rings is 1. The first kappa shape index (κ1) is 12.8. The lowest BCUT2D eigenvalue weighted by Gasteiger charge is -2.36. The average Bonchev–Trinajstić information content (AvgIpc) is 2.51. The van der Waals surface area contributed by atoms with E-state index in [1.165, 1.54) is 6.07 Å². The van der Waals surface area contributed by atoms with Crippen LogP contribution in [-0.4, -0.2) is 36.1 Å². The zero-order valence-corrected chi connectivity index (χ0v) is 10.8. The molecule has 2 aromatic rings. The van der Waals surface area contributed by atoms with Gasteiger partial charge in [-0.1, -0.05) is 0 Å². The van der Waals surface area contributed by atoms with Gasteiger partial charge >= 0.3 is 0 Å². The summed E-state index contributed by atoms with van der Waals surface area (Å²) in [5.74, 6) is -0.918. The van der Waals surface area contributed by atoms with Crippen molar-refractivity contribution in [2.75, 3.05) is 36.0 Å². The van der Waals surface area contributed by atoms with E-state index in [1.54, 1.807) is 24.5 Å². The predicted octanol–water partition coefficient (Wildman–Crippen LogP) is 2.08. The zero-order chi connectivity index (χ0) is 13.9. The first-order valence-corrected chi connectivity index (χ1v) is 6.46. The minimum absolute atomic E-state index is 0.706. The van der Waals surface area contributed by atoms with Crippen LogP contribution in [-0.2, 0) is 0 Å². The first-order chi connectivity index (χ1) is 9.74. The summed E-state index contributed by atoms with van der Waals surface area (Å²) >= 11 is 0. The zero-order valence-electron chi connectivity index (χ0n) is 10.8. The van der Waals surface area contributed by atoms with Crippen LogP contribution in [0.15, 0.2) is 36.7 Å². The molecule has 0 bridgehead atoms. The number of rotatable bonds is 2. The highest BCUT2D eigenvalue weighted by Crippen LogP contribution is 2.20. The van der Waals surface area contributed by atoms with E-state index in [0.29, 0.717) is 11.6 Å². The van der Waals surface area contributed by atoms with Crippen molar-refractivity contribution in [2.24, 2.45) is 0 Å². The SMILES string of the molecule is Fc1ccc(N2CCN(c3ncccn3)CC2)cc1F. The summed E-state index contributed by atoms with van der Waals surface area (Å²) in [6, 6.07) is 5.79. The smallest absolute Gasteiger partial charge is 0.225 e. The normalized spacial score (nSPS) is 15.5. The second kappa shape index (κ2) is 5.40. The highest BCUT2D eigenvalue weighted by atomic mass is 19.2. The van der Waals surface area contributed by atoms with E-state index in [9.17, 15) is 8.78 Å². The molecule has 0 atom stereocenters. The highest BCUT2D eigenvalue weighted by Gasteiger charge is 2.19. The Labute approximate surface area is 115 Å². The van der Waals surface area contributed by atoms with Crippen LogP contribution < -0.4 is 9.80 Å². The third kappa shape index (κ3) is 2.54. The van der Waals surface area contributed by atoms with Gasteiger partial charge in [0.2, 0.25) is 5.95 Å². The fourth-order valence-corrected chi connectivity index (χ4v) is 2.30. The van der Waals surface area contributed by atoms with Gasteiger partial charge in [-0.3, -0.25) is 0 Å². The van der Waals surface area contributed by atoms with Gasteiger partial charge < -0.3 is 9.80 Å². The van der Waals surface area contributed by atoms with Crippen LogP contribution in [0.1, 0.15) is 0 Å². The third-order valence-corrected chi connectivity index (χ3v) is 3.38. The maximum absolute atomic E-state index is 13.2. The predicted molar refractivity (Wildman–Crippen MR) is 72.8 cm³/mol. The summed E-state index contributed by atoms with van der Waals surface area (Å²) in [5, 5.41) is 0. The van der Waals surface area contributed by atoms with Gasteiger partial charge in [0.25, 0.3) is 0 Å². The van der Waals surface area contributed by atoms with Crippen LogP contribution in [0.5, 0.6) is 0 Å². The van der Waals surface area contributed by atoms with Crippen LogP contribution in [0.3, 0.4) is 0 Å². The van der Waals surface area contributed by atoms with Crippen molar-refractivity contribution < 1.29 is 8.78 Å². The lowest BCUT2D eigenvalue weighted by molar-refractivity contribution is 0.507. The first-order valence-electron chi connectivity index (χ1n) is 6.46. The molecular weight excluding hydrogens is 262 g/mol.